The Kier molecular flexibility index (Phi) is 5.80. The maximum Gasteiger partial charge on any atom is 0.225 e. The van der Waals surface area contributed by atoms with Gasteiger partial charge in [0.15, 0.2) is 9.84 Å². The number of hydrogen-bond donors (Lipinski definition) is 1. The monoisotopic (exact) mass is 414 g/mol. The molecule has 6 nitrogen and oxygen atoms in total. The minimum atomic E-state index is -3.60. The molecule has 0 radical (unpaired) electrons. The number of rotatable bonds is 5. The normalized spacial score (nSPS) is 15.9. The lowest BCUT2D eigenvalue weighted by molar-refractivity contribution is -0.117. The molecule has 0 spiro atoms. The first kappa shape index (κ1) is 21.0. The molecule has 0 saturated heterocycles. The first-order chi connectivity index (χ1) is 13.6. The summed E-state index contributed by atoms with van der Waals surface area (Å²) in [6.45, 7) is 7.38. The van der Waals surface area contributed by atoms with Gasteiger partial charge in [-0.2, -0.15) is 0 Å². The van der Waals surface area contributed by atoms with E-state index in [9.17, 15) is 18.0 Å². The molecule has 1 aliphatic rings. The highest BCUT2D eigenvalue weighted by Crippen LogP contribution is 2.34. The van der Waals surface area contributed by atoms with Crippen molar-refractivity contribution in [3.8, 4) is 0 Å². The number of carbonyl (C=O) groups is 2. The first-order valence-corrected chi connectivity index (χ1v) is 11.3. The number of amides is 2. The van der Waals surface area contributed by atoms with Gasteiger partial charge in [0, 0.05) is 30.8 Å². The number of hydrogen-bond acceptors (Lipinski definition) is 4. The molecular formula is C22H26N2O4S. The van der Waals surface area contributed by atoms with Gasteiger partial charge in [0.1, 0.15) is 0 Å². The highest BCUT2D eigenvalue weighted by molar-refractivity contribution is 7.91. The van der Waals surface area contributed by atoms with E-state index < -0.39 is 9.84 Å². The second kappa shape index (κ2) is 7.99. The summed E-state index contributed by atoms with van der Waals surface area (Å²) in [5.41, 5.74) is 4.44. The lowest BCUT2D eigenvalue weighted by atomic mass is 10.1. The number of sulfone groups is 1. The van der Waals surface area contributed by atoms with E-state index in [4.69, 9.17) is 0 Å². The Morgan fingerprint density at radius 2 is 1.83 bits per heavy atom. The van der Waals surface area contributed by atoms with E-state index in [1.165, 1.54) is 13.0 Å². The van der Waals surface area contributed by atoms with Crippen LogP contribution in [0.1, 0.15) is 37.0 Å². The summed E-state index contributed by atoms with van der Waals surface area (Å²) in [7, 11) is -3.60. The summed E-state index contributed by atoms with van der Waals surface area (Å²) in [4.78, 5) is 25.9. The van der Waals surface area contributed by atoms with Crippen LogP contribution in [0.3, 0.4) is 0 Å². The van der Waals surface area contributed by atoms with Gasteiger partial charge in [0.2, 0.25) is 11.8 Å². The predicted molar refractivity (Wildman–Crippen MR) is 114 cm³/mol. The van der Waals surface area contributed by atoms with Crippen molar-refractivity contribution >= 4 is 33.0 Å². The van der Waals surface area contributed by atoms with Crippen LogP contribution in [0.4, 0.5) is 11.4 Å². The van der Waals surface area contributed by atoms with E-state index in [1.807, 2.05) is 32.9 Å². The molecule has 29 heavy (non-hydrogen) atoms. The van der Waals surface area contributed by atoms with E-state index in [-0.39, 0.29) is 34.9 Å². The molecule has 0 saturated carbocycles. The zero-order chi connectivity index (χ0) is 21.3. The Morgan fingerprint density at radius 3 is 2.48 bits per heavy atom. The fraction of sp³-hybridized carbons (Fsp3) is 0.364. The van der Waals surface area contributed by atoms with Gasteiger partial charge in [-0.25, -0.2) is 8.42 Å². The van der Waals surface area contributed by atoms with Gasteiger partial charge < -0.3 is 10.2 Å². The second-order valence-corrected chi connectivity index (χ2v) is 9.76. The van der Waals surface area contributed by atoms with Crippen LogP contribution in [0, 0.1) is 13.8 Å². The van der Waals surface area contributed by atoms with Crippen molar-refractivity contribution in [1.82, 2.24) is 0 Å². The molecule has 1 aliphatic heterocycles. The number of carbonyl (C=O) groups excluding carboxylic acids is 2. The van der Waals surface area contributed by atoms with Crippen molar-refractivity contribution in [1.29, 1.82) is 0 Å². The Bertz CT molecular complexity index is 1080. The summed E-state index contributed by atoms with van der Waals surface area (Å²) in [6.07, 6.45) is 0.494. The van der Waals surface area contributed by atoms with E-state index in [0.29, 0.717) is 12.1 Å². The molecule has 1 heterocycles. The van der Waals surface area contributed by atoms with Gasteiger partial charge in [0.25, 0.3) is 0 Å². The summed E-state index contributed by atoms with van der Waals surface area (Å²) >= 11 is 0. The van der Waals surface area contributed by atoms with E-state index in [2.05, 4.69) is 5.32 Å². The number of fused-ring (bicyclic) bond motifs is 1. The largest absolute Gasteiger partial charge is 0.326 e. The lowest BCUT2D eigenvalue weighted by Gasteiger charge is -2.20. The van der Waals surface area contributed by atoms with Crippen LogP contribution in [0.5, 0.6) is 0 Å². The molecule has 154 valence electrons. The molecule has 7 heteroatoms. The molecule has 2 aromatic rings. The quantitative estimate of drug-likeness (QED) is 0.813. The maximum atomic E-state index is 12.7. The van der Waals surface area contributed by atoms with Crippen LogP contribution in [0.15, 0.2) is 41.3 Å². The zero-order valence-corrected chi connectivity index (χ0v) is 18.0. The molecule has 0 unspecified atom stereocenters. The van der Waals surface area contributed by atoms with Gasteiger partial charge in [-0.3, -0.25) is 9.59 Å². The van der Waals surface area contributed by atoms with Crippen LogP contribution in [-0.2, 0) is 25.8 Å². The molecule has 0 fully saturated rings. The Balaban J connectivity index is 1.68. The van der Waals surface area contributed by atoms with Crippen molar-refractivity contribution in [3.63, 3.8) is 0 Å². The minimum Gasteiger partial charge on any atom is -0.326 e. The van der Waals surface area contributed by atoms with Crippen molar-refractivity contribution < 1.29 is 18.0 Å². The van der Waals surface area contributed by atoms with Gasteiger partial charge in [-0.15, -0.1) is 0 Å². The molecule has 3 rings (SSSR count). The van der Waals surface area contributed by atoms with E-state index in [0.717, 1.165) is 22.4 Å². The Hall–Kier alpha value is -2.67. The summed E-state index contributed by atoms with van der Waals surface area (Å²) in [5, 5.41) is 2.75. The summed E-state index contributed by atoms with van der Waals surface area (Å²) in [6, 6.07) is 10.4. The van der Waals surface area contributed by atoms with Crippen molar-refractivity contribution in [2.24, 2.45) is 0 Å². The lowest BCUT2D eigenvalue weighted by Crippen LogP contribution is -2.33. The molecule has 0 aliphatic carbocycles. The molecule has 1 N–H and O–H groups in total. The smallest absolute Gasteiger partial charge is 0.225 e. The average molecular weight is 415 g/mol. The van der Waals surface area contributed by atoms with Crippen LogP contribution < -0.4 is 10.2 Å². The fourth-order valence-corrected chi connectivity index (χ4v) is 4.96. The van der Waals surface area contributed by atoms with E-state index >= 15 is 0 Å². The first-order valence-electron chi connectivity index (χ1n) is 9.61. The summed E-state index contributed by atoms with van der Waals surface area (Å²) < 4.78 is 25.4. The molecule has 1 atom stereocenters. The van der Waals surface area contributed by atoms with Crippen LogP contribution >= 0.6 is 0 Å². The van der Waals surface area contributed by atoms with Crippen molar-refractivity contribution in [2.75, 3.05) is 16.0 Å². The number of anilines is 2. The number of benzene rings is 2. The van der Waals surface area contributed by atoms with Crippen LogP contribution in [0.2, 0.25) is 0 Å². The van der Waals surface area contributed by atoms with Crippen molar-refractivity contribution in [2.45, 2.75) is 51.5 Å². The third-order valence-electron chi connectivity index (χ3n) is 5.35. The number of nitrogens with one attached hydrogen (secondary N) is 1. The third-order valence-corrected chi connectivity index (χ3v) is 7.07. The molecule has 2 aromatic carbocycles. The second-order valence-electron chi connectivity index (χ2n) is 7.65. The minimum absolute atomic E-state index is 0.00389. The summed E-state index contributed by atoms with van der Waals surface area (Å²) in [5.74, 6) is -0.668. The topological polar surface area (TPSA) is 83.6 Å². The predicted octanol–water partition coefficient (Wildman–Crippen LogP) is 3.40. The standard InChI is InChI=1S/C22H26N2O4S/c1-14-5-6-19(11-15(14)2)23-22(26)9-10-29(27,28)20-7-8-21-18(13-20)12-16(3)24(21)17(4)25/h5-8,11,13,16H,9-10,12H2,1-4H3,(H,23,26)/t16-/m1/s1. The number of nitrogens with zero attached hydrogens (tertiary/aromatic N) is 1. The maximum absolute atomic E-state index is 12.7. The highest BCUT2D eigenvalue weighted by Gasteiger charge is 2.30. The zero-order valence-electron chi connectivity index (χ0n) is 17.2. The van der Waals surface area contributed by atoms with E-state index in [1.54, 1.807) is 23.1 Å². The van der Waals surface area contributed by atoms with Crippen LogP contribution in [0.25, 0.3) is 0 Å². The van der Waals surface area contributed by atoms with Gasteiger partial charge in [0.05, 0.1) is 10.6 Å². The van der Waals surface area contributed by atoms with Gasteiger partial charge in [-0.1, -0.05) is 6.07 Å². The number of aryl methyl sites for hydroxylation is 2. The fourth-order valence-electron chi connectivity index (χ4n) is 3.67. The highest BCUT2D eigenvalue weighted by atomic mass is 32.2. The van der Waals surface area contributed by atoms with Crippen LogP contribution in [-0.4, -0.2) is 32.0 Å². The molecule has 0 bridgehead atoms. The van der Waals surface area contributed by atoms with Gasteiger partial charge >= 0.3 is 0 Å². The van der Waals surface area contributed by atoms with Crippen molar-refractivity contribution in [3.05, 3.63) is 53.1 Å². The molecule has 0 aromatic heterocycles. The SMILES string of the molecule is CC(=O)N1c2ccc(S(=O)(=O)CCC(=O)Nc3ccc(C)c(C)c3)cc2C[C@H]1C. The third kappa shape index (κ3) is 4.50. The Morgan fingerprint density at radius 1 is 1.10 bits per heavy atom. The molecule has 2 amide bonds. The molecular weight excluding hydrogens is 388 g/mol. The Labute approximate surface area is 171 Å². The average Bonchev–Trinajstić information content (AvgIpc) is 2.98. The van der Waals surface area contributed by atoms with Gasteiger partial charge in [-0.05, 0) is 74.2 Å².